The van der Waals surface area contributed by atoms with Crippen LogP contribution in [0, 0.1) is 26.6 Å². The zero-order chi connectivity index (χ0) is 28.7. The predicted molar refractivity (Wildman–Crippen MR) is 159 cm³/mol. The Kier molecular flexibility index (Phi) is 7.35. The molecule has 3 heterocycles. The number of carboxylic acids is 1. The molecule has 0 radical (unpaired) electrons. The van der Waals surface area contributed by atoms with Crippen LogP contribution in [-0.2, 0) is 37.1 Å². The van der Waals surface area contributed by atoms with Crippen molar-refractivity contribution in [3.63, 3.8) is 0 Å². The van der Waals surface area contributed by atoms with Crippen LogP contribution in [0.1, 0.15) is 51.2 Å². The van der Waals surface area contributed by atoms with Gasteiger partial charge in [0, 0.05) is 42.1 Å². The summed E-state index contributed by atoms with van der Waals surface area (Å²) in [4.78, 5) is 19.1. The topological polar surface area (TPSA) is 62.7 Å². The fraction of sp³-hybridized carbons (Fsp3) is 0.314. The number of hydrogen-bond acceptors (Lipinski definition) is 4. The summed E-state index contributed by atoms with van der Waals surface area (Å²) in [5.41, 5.74) is 11.8. The van der Waals surface area contributed by atoms with Crippen molar-refractivity contribution in [2.45, 2.75) is 59.5 Å². The van der Waals surface area contributed by atoms with E-state index in [-0.39, 0.29) is 12.2 Å². The number of aryl methyl sites for hydroxylation is 4. The van der Waals surface area contributed by atoms with Crippen LogP contribution in [0.5, 0.6) is 5.75 Å². The number of hydrogen-bond donors (Lipinski definition) is 1. The molecule has 0 unspecified atom stereocenters. The minimum Gasteiger partial charge on any atom is -0.493 e. The Bertz CT molecular complexity index is 1640. The first-order valence-electron chi connectivity index (χ1n) is 14.3. The number of nitrogens with zero attached hydrogens (tertiary/aromatic N) is 2. The Hall–Kier alpha value is -4.03. The zero-order valence-electron chi connectivity index (χ0n) is 23.9. The molecule has 2 aliphatic rings. The SMILES string of the molecule is Cc1cccc(F)c1CN1CCc2cc(-c3c(C)nc(C)c(CC(=O)O)c3-c3ccc4c(c3)CCCO4)ccc2C1. The van der Waals surface area contributed by atoms with Gasteiger partial charge < -0.3 is 9.84 Å². The van der Waals surface area contributed by atoms with Crippen molar-refractivity contribution in [1.29, 1.82) is 0 Å². The van der Waals surface area contributed by atoms with Crippen molar-refractivity contribution in [2.24, 2.45) is 0 Å². The third kappa shape index (κ3) is 5.36. The molecule has 0 atom stereocenters. The van der Waals surface area contributed by atoms with Crippen molar-refractivity contribution < 1.29 is 19.0 Å². The smallest absolute Gasteiger partial charge is 0.307 e. The number of aromatic nitrogens is 1. The molecule has 1 N–H and O–H groups in total. The summed E-state index contributed by atoms with van der Waals surface area (Å²) < 4.78 is 20.4. The first kappa shape index (κ1) is 27.2. The number of benzene rings is 3. The largest absolute Gasteiger partial charge is 0.493 e. The van der Waals surface area contributed by atoms with Gasteiger partial charge in [-0.3, -0.25) is 14.7 Å². The monoisotopic (exact) mass is 550 g/mol. The maximum absolute atomic E-state index is 14.5. The molecular weight excluding hydrogens is 515 g/mol. The van der Waals surface area contributed by atoms with Crippen LogP contribution in [0.3, 0.4) is 0 Å². The normalized spacial score (nSPS) is 14.7. The maximum atomic E-state index is 14.5. The summed E-state index contributed by atoms with van der Waals surface area (Å²) in [7, 11) is 0. The van der Waals surface area contributed by atoms with Crippen LogP contribution in [0.4, 0.5) is 4.39 Å². The second-order valence-electron chi connectivity index (χ2n) is 11.3. The molecule has 6 rings (SSSR count). The van der Waals surface area contributed by atoms with E-state index in [0.29, 0.717) is 6.54 Å². The number of carboxylic acid groups (broad SMARTS) is 1. The highest BCUT2D eigenvalue weighted by Gasteiger charge is 2.24. The van der Waals surface area contributed by atoms with Crippen LogP contribution >= 0.6 is 0 Å². The highest BCUT2D eigenvalue weighted by atomic mass is 19.1. The molecule has 0 saturated heterocycles. The number of aliphatic carboxylic acids is 1. The number of fused-ring (bicyclic) bond motifs is 2. The van der Waals surface area contributed by atoms with Gasteiger partial charge in [0.15, 0.2) is 0 Å². The molecule has 3 aromatic carbocycles. The van der Waals surface area contributed by atoms with Crippen molar-refractivity contribution in [2.75, 3.05) is 13.2 Å². The molecule has 0 bridgehead atoms. The Labute approximate surface area is 240 Å². The summed E-state index contributed by atoms with van der Waals surface area (Å²) in [6.45, 7) is 8.79. The second-order valence-corrected chi connectivity index (χ2v) is 11.3. The van der Waals surface area contributed by atoms with Crippen LogP contribution in [0.25, 0.3) is 22.3 Å². The first-order valence-corrected chi connectivity index (χ1v) is 14.3. The maximum Gasteiger partial charge on any atom is 0.307 e. The molecule has 0 spiro atoms. The van der Waals surface area contributed by atoms with Gasteiger partial charge in [-0.05, 0) is 103 Å². The van der Waals surface area contributed by atoms with Crippen molar-refractivity contribution in [1.82, 2.24) is 9.88 Å². The van der Waals surface area contributed by atoms with Gasteiger partial charge >= 0.3 is 5.97 Å². The van der Waals surface area contributed by atoms with Crippen molar-refractivity contribution in [3.8, 4) is 28.0 Å². The molecule has 2 aliphatic heterocycles. The number of halogens is 1. The van der Waals surface area contributed by atoms with Gasteiger partial charge in [-0.25, -0.2) is 4.39 Å². The van der Waals surface area contributed by atoms with Crippen LogP contribution < -0.4 is 4.74 Å². The van der Waals surface area contributed by atoms with E-state index in [1.165, 1.54) is 17.2 Å². The lowest BCUT2D eigenvalue weighted by Gasteiger charge is -2.30. The summed E-state index contributed by atoms with van der Waals surface area (Å²) in [6, 6.07) is 18.0. The molecule has 0 amide bonds. The lowest BCUT2D eigenvalue weighted by atomic mass is 9.85. The summed E-state index contributed by atoms with van der Waals surface area (Å²) in [5, 5.41) is 9.83. The lowest BCUT2D eigenvalue weighted by molar-refractivity contribution is -0.136. The van der Waals surface area contributed by atoms with Gasteiger partial charge in [0.25, 0.3) is 0 Å². The van der Waals surface area contributed by atoms with Crippen LogP contribution in [-0.4, -0.2) is 34.1 Å². The highest BCUT2D eigenvalue weighted by Crippen LogP contribution is 2.41. The summed E-state index contributed by atoms with van der Waals surface area (Å²) in [5.74, 6) is -0.109. The number of pyridine rings is 1. The van der Waals surface area contributed by atoms with Crippen molar-refractivity contribution >= 4 is 5.97 Å². The highest BCUT2D eigenvalue weighted by molar-refractivity contribution is 5.90. The Morgan fingerprint density at radius 1 is 0.927 bits per heavy atom. The standard InChI is InChI=1S/C35H35FN2O3/c1-21-6-4-8-31(36)30(21)20-38-14-13-24-16-26(9-10-28(24)19-38)34-23(3)37-22(2)29(18-33(39)40)35(34)27-11-12-32-25(17-27)7-5-15-41-32/h4,6,8-12,16-17H,5,7,13-15,18-20H2,1-3H3,(H,39,40). The number of rotatable bonds is 6. The molecule has 6 heteroatoms. The molecule has 5 nitrogen and oxygen atoms in total. The third-order valence-corrected chi connectivity index (χ3v) is 8.53. The summed E-state index contributed by atoms with van der Waals surface area (Å²) >= 11 is 0. The van der Waals surface area contributed by atoms with Crippen LogP contribution in [0.2, 0.25) is 0 Å². The average Bonchev–Trinajstić information content (AvgIpc) is 2.95. The third-order valence-electron chi connectivity index (χ3n) is 8.53. The molecular formula is C35H35FN2O3. The van der Waals surface area contributed by atoms with E-state index in [0.717, 1.165) is 101 Å². The lowest BCUT2D eigenvalue weighted by Crippen LogP contribution is -2.30. The minimum absolute atomic E-state index is 0.0929. The Morgan fingerprint density at radius 3 is 2.51 bits per heavy atom. The molecule has 1 aromatic heterocycles. The fourth-order valence-corrected chi connectivity index (χ4v) is 6.44. The fourth-order valence-electron chi connectivity index (χ4n) is 6.44. The number of ether oxygens (including phenoxy) is 1. The van der Waals surface area contributed by atoms with Gasteiger partial charge in [0.2, 0.25) is 0 Å². The van der Waals surface area contributed by atoms with E-state index < -0.39 is 5.97 Å². The van der Waals surface area contributed by atoms with E-state index in [9.17, 15) is 14.3 Å². The molecule has 0 saturated carbocycles. The van der Waals surface area contributed by atoms with Gasteiger partial charge in [-0.15, -0.1) is 0 Å². The average molecular weight is 551 g/mol. The molecule has 4 aromatic rings. The molecule has 210 valence electrons. The first-order chi connectivity index (χ1) is 19.8. The Morgan fingerprint density at radius 2 is 1.71 bits per heavy atom. The van der Waals surface area contributed by atoms with E-state index in [4.69, 9.17) is 9.72 Å². The zero-order valence-corrected chi connectivity index (χ0v) is 23.9. The molecule has 0 fully saturated rings. The van der Waals surface area contributed by atoms with Gasteiger partial charge in [-0.2, -0.15) is 0 Å². The quantitative estimate of drug-likeness (QED) is 0.280. The van der Waals surface area contributed by atoms with E-state index in [1.54, 1.807) is 6.07 Å². The van der Waals surface area contributed by atoms with Gasteiger partial charge in [0.05, 0.1) is 13.0 Å². The van der Waals surface area contributed by atoms with E-state index in [1.807, 2.05) is 39.0 Å². The summed E-state index contributed by atoms with van der Waals surface area (Å²) in [6.07, 6.45) is 2.68. The molecule has 0 aliphatic carbocycles. The minimum atomic E-state index is -0.872. The predicted octanol–water partition coefficient (Wildman–Crippen LogP) is 6.99. The number of carbonyl (C=O) groups is 1. The van der Waals surface area contributed by atoms with Gasteiger partial charge in [-0.1, -0.05) is 36.4 Å². The molecule has 41 heavy (non-hydrogen) atoms. The van der Waals surface area contributed by atoms with E-state index >= 15 is 0 Å². The van der Waals surface area contributed by atoms with E-state index in [2.05, 4.69) is 29.2 Å². The Balaban J connectivity index is 1.40. The second kappa shape index (κ2) is 11.1. The van der Waals surface area contributed by atoms with Crippen molar-refractivity contribution in [3.05, 3.63) is 105 Å². The van der Waals surface area contributed by atoms with Gasteiger partial charge in [0.1, 0.15) is 11.6 Å². The van der Waals surface area contributed by atoms with Crippen LogP contribution in [0.15, 0.2) is 54.6 Å².